The molecule has 0 spiro atoms. The van der Waals surface area contributed by atoms with E-state index < -0.39 is 0 Å². The van der Waals surface area contributed by atoms with Crippen molar-refractivity contribution in [1.29, 1.82) is 0 Å². The van der Waals surface area contributed by atoms with Crippen molar-refractivity contribution in [3.8, 4) is 0 Å². The number of hydrogen-bond donors (Lipinski definition) is 2. The maximum absolute atomic E-state index is 12.4. The first-order valence-electron chi connectivity index (χ1n) is 9.24. The lowest BCUT2D eigenvalue weighted by Gasteiger charge is -2.26. The number of likely N-dealkylation sites (tertiary alicyclic amines) is 1. The molecule has 2 fully saturated rings. The third-order valence-electron chi connectivity index (χ3n) is 4.78. The smallest absolute Gasteiger partial charge is 0.253 e. The zero-order valence-corrected chi connectivity index (χ0v) is 14.6. The fourth-order valence-electron chi connectivity index (χ4n) is 3.29. The number of piperidine rings is 1. The largest absolute Gasteiger partial charge is 0.376 e. The lowest BCUT2D eigenvalue weighted by atomic mass is 10.1. The van der Waals surface area contributed by atoms with Gasteiger partial charge in [0.25, 0.3) is 5.91 Å². The van der Waals surface area contributed by atoms with Crippen molar-refractivity contribution in [3.63, 3.8) is 0 Å². The first-order chi connectivity index (χ1) is 12.2. The molecule has 1 atom stereocenters. The molecule has 0 bridgehead atoms. The van der Waals surface area contributed by atoms with Crippen LogP contribution in [0.15, 0.2) is 24.3 Å². The summed E-state index contributed by atoms with van der Waals surface area (Å²) >= 11 is 0. The Kier molecular flexibility index (Phi) is 6.28. The van der Waals surface area contributed by atoms with Gasteiger partial charge >= 0.3 is 0 Å². The monoisotopic (exact) mass is 345 g/mol. The molecule has 2 saturated heterocycles. The average Bonchev–Trinajstić information content (AvgIpc) is 3.19. The second-order valence-electron chi connectivity index (χ2n) is 6.72. The molecule has 2 N–H and O–H groups in total. The molecule has 1 aromatic carbocycles. The lowest BCUT2D eigenvalue weighted by molar-refractivity contribution is -0.119. The molecule has 1 unspecified atom stereocenters. The van der Waals surface area contributed by atoms with Crippen LogP contribution in [0.3, 0.4) is 0 Å². The van der Waals surface area contributed by atoms with Crippen molar-refractivity contribution >= 4 is 17.5 Å². The van der Waals surface area contributed by atoms with Gasteiger partial charge < -0.3 is 20.3 Å². The third kappa shape index (κ3) is 5.19. The number of hydrogen-bond acceptors (Lipinski definition) is 4. The second kappa shape index (κ2) is 8.85. The number of nitrogens with one attached hydrogen (secondary N) is 2. The molecule has 2 aliphatic rings. The summed E-state index contributed by atoms with van der Waals surface area (Å²) in [5.74, 6) is 0.0459. The van der Waals surface area contributed by atoms with Gasteiger partial charge in [0, 0.05) is 37.5 Å². The molecule has 2 amide bonds. The van der Waals surface area contributed by atoms with Crippen LogP contribution in [0, 0.1) is 0 Å². The number of amides is 2. The maximum atomic E-state index is 12.4. The van der Waals surface area contributed by atoms with Crippen molar-refractivity contribution in [3.05, 3.63) is 29.8 Å². The molecule has 2 aliphatic heterocycles. The van der Waals surface area contributed by atoms with Crippen LogP contribution in [0.1, 0.15) is 42.5 Å². The fourth-order valence-corrected chi connectivity index (χ4v) is 3.29. The summed E-state index contributed by atoms with van der Waals surface area (Å²) in [4.78, 5) is 26.2. The molecular formula is C19H27N3O3. The molecule has 6 heteroatoms. The number of nitrogens with zero attached hydrogens (tertiary/aromatic N) is 1. The Morgan fingerprint density at radius 2 is 1.84 bits per heavy atom. The van der Waals surface area contributed by atoms with E-state index in [4.69, 9.17) is 4.74 Å². The minimum Gasteiger partial charge on any atom is -0.376 e. The van der Waals surface area contributed by atoms with Crippen molar-refractivity contribution in [1.82, 2.24) is 10.2 Å². The van der Waals surface area contributed by atoms with Gasteiger partial charge in [-0.3, -0.25) is 9.59 Å². The van der Waals surface area contributed by atoms with Gasteiger partial charge in [0.05, 0.1) is 12.6 Å². The van der Waals surface area contributed by atoms with Crippen LogP contribution >= 0.6 is 0 Å². The molecule has 25 heavy (non-hydrogen) atoms. The Hall–Kier alpha value is -2.08. The predicted octanol–water partition coefficient (Wildman–Crippen LogP) is 2.02. The zero-order valence-electron chi connectivity index (χ0n) is 14.6. The highest BCUT2D eigenvalue weighted by Gasteiger charge is 2.18. The van der Waals surface area contributed by atoms with E-state index in [1.807, 2.05) is 29.2 Å². The highest BCUT2D eigenvalue weighted by atomic mass is 16.5. The Bertz CT molecular complexity index is 576. The van der Waals surface area contributed by atoms with E-state index in [9.17, 15) is 9.59 Å². The van der Waals surface area contributed by atoms with Crippen molar-refractivity contribution in [2.45, 2.75) is 38.2 Å². The Labute approximate surface area is 148 Å². The maximum Gasteiger partial charge on any atom is 0.253 e. The standard InChI is InChI=1S/C19H27N3O3/c23-18(21-13-17-5-4-12-25-17)14-20-16-8-6-15(7-9-16)19(24)22-10-2-1-3-11-22/h6-9,17,20H,1-5,10-14H2,(H,21,23). The summed E-state index contributed by atoms with van der Waals surface area (Å²) < 4.78 is 5.48. The van der Waals surface area contributed by atoms with Crippen LogP contribution < -0.4 is 10.6 Å². The lowest BCUT2D eigenvalue weighted by Crippen LogP contribution is -2.36. The second-order valence-corrected chi connectivity index (χ2v) is 6.72. The number of anilines is 1. The number of carbonyl (C=O) groups is 2. The SMILES string of the molecule is O=C(CNc1ccc(C(=O)N2CCCCC2)cc1)NCC1CCCO1. The molecule has 3 rings (SSSR count). The fraction of sp³-hybridized carbons (Fsp3) is 0.579. The van der Waals surface area contributed by atoms with E-state index in [0.29, 0.717) is 12.1 Å². The molecule has 136 valence electrons. The topological polar surface area (TPSA) is 70.7 Å². The molecule has 0 saturated carbocycles. The van der Waals surface area contributed by atoms with Crippen LogP contribution in [0.4, 0.5) is 5.69 Å². The van der Waals surface area contributed by atoms with Gasteiger partial charge in [0.1, 0.15) is 0 Å². The molecule has 2 heterocycles. The Morgan fingerprint density at radius 1 is 1.08 bits per heavy atom. The summed E-state index contributed by atoms with van der Waals surface area (Å²) in [6.45, 7) is 3.28. The summed E-state index contributed by atoms with van der Waals surface area (Å²) in [6, 6.07) is 7.35. The number of ether oxygens (including phenoxy) is 1. The van der Waals surface area contributed by atoms with E-state index in [-0.39, 0.29) is 24.5 Å². The van der Waals surface area contributed by atoms with Gasteiger partial charge in [0.2, 0.25) is 5.91 Å². The summed E-state index contributed by atoms with van der Waals surface area (Å²) in [5.41, 5.74) is 1.54. The predicted molar refractivity (Wildman–Crippen MR) is 96.7 cm³/mol. The quantitative estimate of drug-likeness (QED) is 0.827. The Morgan fingerprint density at radius 3 is 2.52 bits per heavy atom. The molecule has 1 aromatic rings. The van der Waals surface area contributed by atoms with Crippen LogP contribution in [0.5, 0.6) is 0 Å². The zero-order chi connectivity index (χ0) is 17.5. The van der Waals surface area contributed by atoms with E-state index in [1.165, 1.54) is 6.42 Å². The van der Waals surface area contributed by atoms with Gasteiger partial charge in [-0.05, 0) is 56.4 Å². The Balaban J connectivity index is 1.42. The van der Waals surface area contributed by atoms with Gasteiger partial charge in [-0.2, -0.15) is 0 Å². The minimum absolute atomic E-state index is 0.0519. The molecule has 6 nitrogen and oxygen atoms in total. The summed E-state index contributed by atoms with van der Waals surface area (Å²) in [6.07, 6.45) is 5.63. The van der Waals surface area contributed by atoms with Gasteiger partial charge in [-0.1, -0.05) is 0 Å². The van der Waals surface area contributed by atoms with Crippen LogP contribution in [-0.2, 0) is 9.53 Å². The first-order valence-corrected chi connectivity index (χ1v) is 9.24. The number of benzene rings is 1. The van der Waals surface area contributed by atoms with E-state index in [1.54, 1.807) is 0 Å². The van der Waals surface area contributed by atoms with Crippen molar-refractivity contribution < 1.29 is 14.3 Å². The molecule has 0 aliphatic carbocycles. The molecule has 0 radical (unpaired) electrons. The minimum atomic E-state index is -0.0519. The van der Waals surface area contributed by atoms with Gasteiger partial charge in [-0.15, -0.1) is 0 Å². The third-order valence-corrected chi connectivity index (χ3v) is 4.78. The highest BCUT2D eigenvalue weighted by molar-refractivity contribution is 5.94. The van der Waals surface area contributed by atoms with Crippen LogP contribution in [-0.4, -0.2) is 55.6 Å². The van der Waals surface area contributed by atoms with Crippen molar-refractivity contribution in [2.24, 2.45) is 0 Å². The van der Waals surface area contributed by atoms with E-state index in [2.05, 4.69) is 10.6 Å². The number of carbonyl (C=O) groups excluding carboxylic acids is 2. The van der Waals surface area contributed by atoms with E-state index in [0.717, 1.165) is 51.1 Å². The molecule has 0 aromatic heterocycles. The van der Waals surface area contributed by atoms with Gasteiger partial charge in [0.15, 0.2) is 0 Å². The first kappa shape index (κ1) is 17.7. The highest BCUT2D eigenvalue weighted by Crippen LogP contribution is 2.15. The van der Waals surface area contributed by atoms with Crippen molar-refractivity contribution in [2.75, 3.05) is 38.1 Å². The van der Waals surface area contributed by atoms with Gasteiger partial charge in [-0.25, -0.2) is 0 Å². The average molecular weight is 345 g/mol. The number of rotatable bonds is 6. The summed E-state index contributed by atoms with van der Waals surface area (Å²) in [5, 5.41) is 5.97. The molecular weight excluding hydrogens is 318 g/mol. The summed E-state index contributed by atoms with van der Waals surface area (Å²) in [7, 11) is 0. The van der Waals surface area contributed by atoms with E-state index >= 15 is 0 Å². The van der Waals surface area contributed by atoms with Crippen LogP contribution in [0.25, 0.3) is 0 Å². The normalized spacial score (nSPS) is 20.3. The van der Waals surface area contributed by atoms with Crippen LogP contribution in [0.2, 0.25) is 0 Å².